The van der Waals surface area contributed by atoms with Crippen LogP contribution in [0, 0.1) is 0 Å². The van der Waals surface area contributed by atoms with Gasteiger partial charge in [-0.15, -0.1) is 0 Å². The monoisotopic (exact) mass is 404 g/mol. The second-order valence-electron chi connectivity index (χ2n) is 6.92. The quantitative estimate of drug-likeness (QED) is 0.355. The highest BCUT2D eigenvalue weighted by Gasteiger charge is 2.41. The molecule has 0 bridgehead atoms. The Morgan fingerprint density at radius 3 is 1.03 bits per heavy atom. The first-order chi connectivity index (χ1) is 14.0. The third-order valence-corrected chi connectivity index (χ3v) is 10.1. The van der Waals surface area contributed by atoms with Gasteiger partial charge < -0.3 is 0 Å². The standard InChI is InChI=1S/C25H19F3Si/c26-25(27,28)20-16-18-24(19-17-20)29(21-10-4-1-5-11-21,22-12-6-2-7-13-22)23-14-8-3-9-15-23/h1-19H. The molecule has 0 atom stereocenters. The third kappa shape index (κ3) is 3.52. The first kappa shape index (κ1) is 19.2. The molecule has 0 nitrogen and oxygen atoms in total. The van der Waals surface area contributed by atoms with Gasteiger partial charge in [0, 0.05) is 0 Å². The molecule has 0 N–H and O–H groups in total. The van der Waals surface area contributed by atoms with Gasteiger partial charge in [-0.1, -0.05) is 115 Å². The number of halogens is 3. The Kier molecular flexibility index (Phi) is 5.12. The van der Waals surface area contributed by atoms with E-state index in [0.717, 1.165) is 20.7 Å². The minimum Gasteiger partial charge on any atom is -0.166 e. The summed E-state index contributed by atoms with van der Waals surface area (Å²) in [4.78, 5) is 0. The molecule has 144 valence electrons. The zero-order chi connectivity index (χ0) is 20.3. The molecule has 0 aromatic heterocycles. The molecule has 4 heteroatoms. The van der Waals surface area contributed by atoms with E-state index in [9.17, 15) is 13.2 Å². The summed E-state index contributed by atoms with van der Waals surface area (Å²) < 4.78 is 39.6. The van der Waals surface area contributed by atoms with E-state index in [-0.39, 0.29) is 0 Å². The average molecular weight is 405 g/mol. The van der Waals surface area contributed by atoms with E-state index in [1.807, 2.05) is 54.6 Å². The van der Waals surface area contributed by atoms with Crippen LogP contribution in [0.15, 0.2) is 115 Å². The Bertz CT molecular complexity index is 961. The SMILES string of the molecule is FC(F)(F)c1ccc([Si](c2ccccc2)(c2ccccc2)c2ccccc2)cc1. The summed E-state index contributed by atoms with van der Waals surface area (Å²) in [6.45, 7) is 0. The Hall–Kier alpha value is -3.11. The highest BCUT2D eigenvalue weighted by atomic mass is 28.3. The molecule has 29 heavy (non-hydrogen) atoms. The molecule has 0 aliphatic rings. The smallest absolute Gasteiger partial charge is 0.166 e. The normalized spacial score (nSPS) is 12.0. The molecule has 0 radical (unpaired) electrons. The molecule has 0 saturated carbocycles. The fourth-order valence-corrected chi connectivity index (χ4v) is 8.72. The van der Waals surface area contributed by atoms with Crippen LogP contribution in [0.4, 0.5) is 13.2 Å². The van der Waals surface area contributed by atoms with Crippen molar-refractivity contribution in [2.24, 2.45) is 0 Å². The van der Waals surface area contributed by atoms with Gasteiger partial charge in [0.1, 0.15) is 0 Å². The van der Waals surface area contributed by atoms with Crippen molar-refractivity contribution >= 4 is 28.8 Å². The van der Waals surface area contributed by atoms with Gasteiger partial charge in [0.2, 0.25) is 0 Å². The second kappa shape index (κ2) is 7.72. The fourth-order valence-electron chi connectivity index (χ4n) is 3.97. The number of hydrogen-bond donors (Lipinski definition) is 0. The number of rotatable bonds is 4. The summed E-state index contributed by atoms with van der Waals surface area (Å²) in [7, 11) is -2.75. The van der Waals surface area contributed by atoms with Crippen molar-refractivity contribution < 1.29 is 13.2 Å². The van der Waals surface area contributed by atoms with Crippen molar-refractivity contribution in [1.29, 1.82) is 0 Å². The van der Waals surface area contributed by atoms with Crippen molar-refractivity contribution in [1.82, 2.24) is 0 Å². The molecule has 4 aromatic carbocycles. The van der Waals surface area contributed by atoms with E-state index in [4.69, 9.17) is 0 Å². The Balaban J connectivity index is 2.06. The van der Waals surface area contributed by atoms with Crippen molar-refractivity contribution in [2.45, 2.75) is 6.18 Å². The van der Waals surface area contributed by atoms with Crippen LogP contribution in [0.3, 0.4) is 0 Å². The Morgan fingerprint density at radius 1 is 0.414 bits per heavy atom. The van der Waals surface area contributed by atoms with E-state index >= 15 is 0 Å². The van der Waals surface area contributed by atoms with Gasteiger partial charge in [0.05, 0.1) is 5.56 Å². The van der Waals surface area contributed by atoms with Crippen molar-refractivity contribution in [3.05, 3.63) is 121 Å². The van der Waals surface area contributed by atoms with Crippen LogP contribution < -0.4 is 20.7 Å². The lowest BCUT2D eigenvalue weighted by Crippen LogP contribution is -2.74. The lowest BCUT2D eigenvalue weighted by molar-refractivity contribution is -0.137. The van der Waals surface area contributed by atoms with Crippen molar-refractivity contribution in [2.75, 3.05) is 0 Å². The minimum atomic E-state index is -4.35. The largest absolute Gasteiger partial charge is 0.416 e. The van der Waals surface area contributed by atoms with Crippen LogP contribution in [-0.4, -0.2) is 8.07 Å². The predicted molar refractivity (Wildman–Crippen MR) is 115 cm³/mol. The van der Waals surface area contributed by atoms with Crippen LogP contribution in [0.5, 0.6) is 0 Å². The van der Waals surface area contributed by atoms with Gasteiger partial charge in [-0.3, -0.25) is 0 Å². The molecule has 0 heterocycles. The summed E-state index contributed by atoms with van der Waals surface area (Å²) in [6.07, 6.45) is -4.35. The van der Waals surface area contributed by atoms with Crippen molar-refractivity contribution in [3.63, 3.8) is 0 Å². The highest BCUT2D eigenvalue weighted by Crippen LogP contribution is 2.28. The summed E-state index contributed by atoms with van der Waals surface area (Å²) >= 11 is 0. The maximum absolute atomic E-state index is 13.2. The lowest BCUT2D eigenvalue weighted by atomic mass is 10.2. The maximum Gasteiger partial charge on any atom is 0.416 e. The van der Waals surface area contributed by atoms with Crippen LogP contribution in [0.1, 0.15) is 5.56 Å². The predicted octanol–water partition coefficient (Wildman–Crippen LogP) is 4.08. The van der Waals surface area contributed by atoms with E-state index < -0.39 is 19.8 Å². The third-order valence-electron chi connectivity index (χ3n) is 5.27. The highest BCUT2D eigenvalue weighted by molar-refractivity contribution is 7.19. The first-order valence-electron chi connectivity index (χ1n) is 9.37. The molecule has 0 saturated heterocycles. The summed E-state index contributed by atoms with van der Waals surface area (Å²) in [5, 5.41) is 4.33. The van der Waals surface area contributed by atoms with E-state index in [2.05, 4.69) is 36.4 Å². The summed E-state index contributed by atoms with van der Waals surface area (Å²) in [5.41, 5.74) is -0.627. The average Bonchev–Trinajstić information content (AvgIpc) is 2.76. The van der Waals surface area contributed by atoms with Gasteiger partial charge >= 0.3 is 6.18 Å². The Morgan fingerprint density at radius 2 is 0.724 bits per heavy atom. The zero-order valence-corrected chi connectivity index (χ0v) is 16.6. The summed E-state index contributed by atoms with van der Waals surface area (Å²) in [6, 6.07) is 36.1. The molecular formula is C25H19F3Si. The minimum absolute atomic E-state index is 0.627. The topological polar surface area (TPSA) is 0 Å². The van der Waals surface area contributed by atoms with Gasteiger partial charge in [0.25, 0.3) is 0 Å². The molecule has 0 aliphatic heterocycles. The molecule has 0 amide bonds. The number of hydrogen-bond acceptors (Lipinski definition) is 0. The Labute approximate surface area is 169 Å². The van der Waals surface area contributed by atoms with E-state index in [0.29, 0.717) is 0 Å². The van der Waals surface area contributed by atoms with Gasteiger partial charge in [-0.05, 0) is 20.7 Å². The van der Waals surface area contributed by atoms with Crippen LogP contribution in [0.2, 0.25) is 0 Å². The van der Waals surface area contributed by atoms with Crippen LogP contribution >= 0.6 is 0 Å². The lowest BCUT2D eigenvalue weighted by Gasteiger charge is -2.34. The molecule has 0 spiro atoms. The number of benzene rings is 4. The van der Waals surface area contributed by atoms with Gasteiger partial charge in [0.15, 0.2) is 8.07 Å². The number of alkyl halides is 3. The molecule has 4 aromatic rings. The van der Waals surface area contributed by atoms with Gasteiger partial charge in [-0.25, -0.2) is 0 Å². The molecular weight excluding hydrogens is 385 g/mol. The molecule has 0 aliphatic carbocycles. The van der Waals surface area contributed by atoms with E-state index in [1.165, 1.54) is 12.1 Å². The molecule has 0 unspecified atom stereocenters. The van der Waals surface area contributed by atoms with Crippen LogP contribution in [-0.2, 0) is 6.18 Å². The van der Waals surface area contributed by atoms with Crippen molar-refractivity contribution in [3.8, 4) is 0 Å². The first-order valence-corrected chi connectivity index (χ1v) is 11.4. The second-order valence-corrected chi connectivity index (χ2v) is 10.7. The van der Waals surface area contributed by atoms with E-state index in [1.54, 1.807) is 12.1 Å². The zero-order valence-electron chi connectivity index (χ0n) is 15.6. The summed E-state index contributed by atoms with van der Waals surface area (Å²) in [5.74, 6) is 0. The van der Waals surface area contributed by atoms with Crippen LogP contribution in [0.25, 0.3) is 0 Å². The maximum atomic E-state index is 13.2. The fraction of sp³-hybridized carbons (Fsp3) is 0.0400. The van der Waals surface area contributed by atoms with Gasteiger partial charge in [-0.2, -0.15) is 13.2 Å². The molecule has 4 rings (SSSR count). The molecule has 0 fully saturated rings.